The lowest BCUT2D eigenvalue weighted by molar-refractivity contribution is -0.143. The second-order valence-corrected chi connectivity index (χ2v) is 8.44. The monoisotopic (exact) mass is 480 g/mol. The first-order valence-electron chi connectivity index (χ1n) is 10.4. The quantitative estimate of drug-likeness (QED) is 0.346. The highest BCUT2D eigenvalue weighted by Gasteiger charge is 2.34. The summed E-state index contributed by atoms with van der Waals surface area (Å²) in [5, 5.41) is 14.7. The number of hydrogen-bond acceptors (Lipinski definition) is 8. The molecule has 0 spiro atoms. The van der Waals surface area contributed by atoms with Crippen molar-refractivity contribution in [2.45, 2.75) is 51.3 Å². The van der Waals surface area contributed by atoms with E-state index in [9.17, 15) is 29.1 Å². The van der Waals surface area contributed by atoms with Crippen LogP contribution in [0, 0.1) is 0 Å². The number of nitrogens with two attached hydrogens (primary N) is 1. The minimum Gasteiger partial charge on any atom is -0.508 e. The van der Waals surface area contributed by atoms with Crippen LogP contribution in [0.3, 0.4) is 0 Å². The van der Waals surface area contributed by atoms with E-state index in [0.29, 0.717) is 0 Å². The number of hydrogen-bond donors (Lipinski definition) is 4. The first kappa shape index (κ1) is 28.2. The van der Waals surface area contributed by atoms with Crippen molar-refractivity contribution >= 4 is 29.8 Å². The number of esters is 1. The number of methoxy groups -OCH3 is 1. The number of rotatable bonds is 10. The summed E-state index contributed by atoms with van der Waals surface area (Å²) in [7, 11) is 2.46. The Kier molecular flexibility index (Phi) is 10.3. The maximum absolute atomic E-state index is 13.3. The van der Waals surface area contributed by atoms with E-state index >= 15 is 0 Å². The molecular weight excluding hydrogens is 448 g/mol. The van der Waals surface area contributed by atoms with E-state index in [-0.39, 0.29) is 24.2 Å². The maximum Gasteiger partial charge on any atom is 0.408 e. The molecule has 0 heterocycles. The SMILES string of the molecule is COC(=O)CNC(=O)C(c1cccc(O)c1)N(C)C(=O)C(CCC(N)=O)NC(=O)OC(C)(C)C. The van der Waals surface area contributed by atoms with Gasteiger partial charge in [0.15, 0.2) is 0 Å². The summed E-state index contributed by atoms with van der Waals surface area (Å²) in [6.45, 7) is 4.47. The van der Waals surface area contributed by atoms with Crippen molar-refractivity contribution in [3.8, 4) is 5.75 Å². The predicted octanol–water partition coefficient (Wildman–Crippen LogP) is 0.340. The zero-order valence-electron chi connectivity index (χ0n) is 19.9. The number of amides is 4. The molecule has 34 heavy (non-hydrogen) atoms. The zero-order chi connectivity index (χ0) is 26.1. The van der Waals surface area contributed by atoms with Gasteiger partial charge in [0.25, 0.3) is 0 Å². The van der Waals surface area contributed by atoms with Gasteiger partial charge in [-0.3, -0.25) is 19.2 Å². The number of alkyl carbamates (subject to hydrolysis) is 1. The lowest BCUT2D eigenvalue weighted by atomic mass is 10.0. The predicted molar refractivity (Wildman–Crippen MR) is 120 cm³/mol. The normalized spacial score (nSPS) is 12.6. The zero-order valence-corrected chi connectivity index (χ0v) is 19.9. The molecule has 2 unspecified atom stereocenters. The molecule has 0 bridgehead atoms. The van der Waals surface area contributed by atoms with Gasteiger partial charge >= 0.3 is 12.1 Å². The number of nitrogens with one attached hydrogen (secondary N) is 2. The molecule has 12 nitrogen and oxygen atoms in total. The van der Waals surface area contributed by atoms with Crippen LogP contribution >= 0.6 is 0 Å². The Morgan fingerprint density at radius 2 is 1.82 bits per heavy atom. The first-order chi connectivity index (χ1) is 15.7. The number of carbonyl (C=O) groups is 5. The minimum absolute atomic E-state index is 0.145. The second-order valence-electron chi connectivity index (χ2n) is 8.44. The van der Waals surface area contributed by atoms with E-state index in [4.69, 9.17) is 10.5 Å². The summed E-state index contributed by atoms with van der Waals surface area (Å²) < 4.78 is 9.70. The van der Waals surface area contributed by atoms with E-state index in [1.807, 2.05) is 0 Å². The van der Waals surface area contributed by atoms with Crippen molar-refractivity contribution in [1.29, 1.82) is 0 Å². The van der Waals surface area contributed by atoms with Crippen LogP contribution in [0.4, 0.5) is 4.79 Å². The molecule has 1 rings (SSSR count). The Labute approximate surface area is 197 Å². The van der Waals surface area contributed by atoms with Gasteiger partial charge in [-0.1, -0.05) is 12.1 Å². The molecule has 5 N–H and O–H groups in total. The summed E-state index contributed by atoms with van der Waals surface area (Å²) in [5.41, 5.74) is 4.60. The fraction of sp³-hybridized carbons (Fsp3) is 0.500. The average molecular weight is 481 g/mol. The molecule has 0 aliphatic heterocycles. The highest BCUT2D eigenvalue weighted by molar-refractivity contribution is 5.93. The Morgan fingerprint density at radius 1 is 1.18 bits per heavy atom. The molecular formula is C22H32N4O8. The van der Waals surface area contributed by atoms with E-state index < -0.39 is 54.0 Å². The van der Waals surface area contributed by atoms with Crippen LogP contribution in [0.25, 0.3) is 0 Å². The number of benzene rings is 1. The second kappa shape index (κ2) is 12.4. The summed E-state index contributed by atoms with van der Waals surface area (Å²) in [6.07, 6.45) is -1.26. The molecule has 1 aromatic rings. The summed E-state index contributed by atoms with van der Waals surface area (Å²) >= 11 is 0. The Bertz CT molecular complexity index is 912. The van der Waals surface area contributed by atoms with Crippen LogP contribution in [0.15, 0.2) is 24.3 Å². The highest BCUT2D eigenvalue weighted by Crippen LogP contribution is 2.24. The lowest BCUT2D eigenvalue weighted by Crippen LogP contribution is -2.52. The average Bonchev–Trinajstić information content (AvgIpc) is 2.73. The van der Waals surface area contributed by atoms with Crippen LogP contribution in [-0.4, -0.2) is 72.1 Å². The van der Waals surface area contributed by atoms with E-state index in [1.54, 1.807) is 20.8 Å². The van der Waals surface area contributed by atoms with Crippen molar-refractivity contribution in [2.75, 3.05) is 20.7 Å². The van der Waals surface area contributed by atoms with E-state index in [0.717, 1.165) is 12.0 Å². The minimum atomic E-state index is -1.29. The highest BCUT2D eigenvalue weighted by atomic mass is 16.6. The smallest absolute Gasteiger partial charge is 0.408 e. The molecule has 0 aliphatic carbocycles. The van der Waals surface area contributed by atoms with Crippen molar-refractivity contribution in [3.63, 3.8) is 0 Å². The number of primary amides is 1. The van der Waals surface area contributed by atoms with Gasteiger partial charge in [-0.05, 0) is 44.9 Å². The topological polar surface area (TPSA) is 177 Å². The summed E-state index contributed by atoms with van der Waals surface area (Å²) in [5.74, 6) is -3.01. The Morgan fingerprint density at radius 3 is 2.35 bits per heavy atom. The van der Waals surface area contributed by atoms with Crippen LogP contribution in [-0.2, 0) is 28.7 Å². The van der Waals surface area contributed by atoms with Gasteiger partial charge in [0.05, 0.1) is 7.11 Å². The Balaban J connectivity index is 3.24. The molecule has 188 valence electrons. The fourth-order valence-electron chi connectivity index (χ4n) is 2.94. The van der Waals surface area contributed by atoms with Crippen molar-refractivity contribution < 1.29 is 38.6 Å². The van der Waals surface area contributed by atoms with Gasteiger partial charge in [-0.15, -0.1) is 0 Å². The first-order valence-corrected chi connectivity index (χ1v) is 10.4. The van der Waals surface area contributed by atoms with Crippen molar-refractivity contribution in [1.82, 2.24) is 15.5 Å². The maximum atomic E-state index is 13.3. The molecule has 0 fully saturated rings. The van der Waals surface area contributed by atoms with Crippen molar-refractivity contribution in [2.24, 2.45) is 5.73 Å². The van der Waals surface area contributed by atoms with Gasteiger partial charge in [0, 0.05) is 13.5 Å². The third kappa shape index (κ3) is 9.35. The number of phenols is 1. The summed E-state index contributed by atoms with van der Waals surface area (Å²) in [4.78, 5) is 62.4. The number of carbonyl (C=O) groups excluding carboxylic acids is 5. The molecule has 12 heteroatoms. The third-order valence-corrected chi connectivity index (χ3v) is 4.47. The van der Waals surface area contributed by atoms with E-state index in [2.05, 4.69) is 15.4 Å². The largest absolute Gasteiger partial charge is 0.508 e. The fourth-order valence-corrected chi connectivity index (χ4v) is 2.94. The van der Waals surface area contributed by atoms with Crippen LogP contribution in [0.5, 0.6) is 5.75 Å². The molecule has 2 atom stereocenters. The molecule has 1 aromatic carbocycles. The van der Waals surface area contributed by atoms with Crippen LogP contribution in [0.2, 0.25) is 0 Å². The molecule has 4 amide bonds. The molecule has 0 saturated carbocycles. The van der Waals surface area contributed by atoms with Gasteiger partial charge in [-0.2, -0.15) is 0 Å². The van der Waals surface area contributed by atoms with Crippen molar-refractivity contribution in [3.05, 3.63) is 29.8 Å². The molecule has 0 aliphatic rings. The van der Waals surface area contributed by atoms with Gasteiger partial charge < -0.3 is 35.8 Å². The van der Waals surface area contributed by atoms with Crippen LogP contribution in [0.1, 0.15) is 45.2 Å². The number of phenolic OH excluding ortho intramolecular Hbond substituents is 1. The van der Waals surface area contributed by atoms with Crippen LogP contribution < -0.4 is 16.4 Å². The van der Waals surface area contributed by atoms with Gasteiger partial charge in [-0.25, -0.2) is 4.79 Å². The molecule has 0 aromatic heterocycles. The number of aromatic hydroxyl groups is 1. The standard InChI is InChI=1S/C22H32N4O8/c1-22(2,3)34-21(32)25-15(9-10-16(23)28)20(31)26(4)18(13-7-6-8-14(27)11-13)19(30)24-12-17(29)33-5/h6-8,11,15,18,27H,9-10,12H2,1-5H3,(H2,23,28)(H,24,30)(H,25,32). The number of nitrogens with zero attached hydrogens (tertiary/aromatic N) is 1. The third-order valence-electron chi connectivity index (χ3n) is 4.47. The number of likely N-dealkylation sites (N-methyl/N-ethyl adjacent to an activating group) is 1. The Hall–Kier alpha value is -3.83. The van der Waals surface area contributed by atoms with E-state index in [1.165, 1.54) is 31.3 Å². The van der Waals surface area contributed by atoms with Gasteiger partial charge in [0.1, 0.15) is 30.0 Å². The lowest BCUT2D eigenvalue weighted by Gasteiger charge is -2.31. The molecule has 0 radical (unpaired) electrons. The molecule has 0 saturated heterocycles. The summed E-state index contributed by atoms with van der Waals surface area (Å²) in [6, 6.07) is 3.11. The number of ether oxygens (including phenoxy) is 2. The van der Waals surface area contributed by atoms with Gasteiger partial charge in [0.2, 0.25) is 17.7 Å².